The van der Waals surface area contributed by atoms with Gasteiger partial charge in [0.1, 0.15) is 17.5 Å². The van der Waals surface area contributed by atoms with Gasteiger partial charge in [-0.15, -0.1) is 0 Å². The van der Waals surface area contributed by atoms with Crippen molar-refractivity contribution in [3.63, 3.8) is 0 Å². The van der Waals surface area contributed by atoms with E-state index in [0.29, 0.717) is 36.7 Å². The molecule has 13 nitrogen and oxygen atoms in total. The Balaban J connectivity index is 1.28. The summed E-state index contributed by atoms with van der Waals surface area (Å²) in [6.07, 6.45) is 0.741. The number of anilines is 1. The summed E-state index contributed by atoms with van der Waals surface area (Å²) in [5.41, 5.74) is 1.74. The van der Waals surface area contributed by atoms with Crippen LogP contribution in [-0.2, 0) is 23.1 Å². The van der Waals surface area contributed by atoms with Crippen molar-refractivity contribution in [2.75, 3.05) is 12.4 Å². The van der Waals surface area contributed by atoms with Gasteiger partial charge in [-0.1, -0.05) is 0 Å². The van der Waals surface area contributed by atoms with E-state index < -0.39 is 11.1 Å². The van der Waals surface area contributed by atoms with Gasteiger partial charge < -0.3 is 19.5 Å². The quantitative estimate of drug-likeness (QED) is 0.211. The molecule has 2 heterocycles. The van der Waals surface area contributed by atoms with Crippen molar-refractivity contribution in [2.45, 2.75) is 37.9 Å². The number of nitrogens with one attached hydrogen (secondary N) is 2. The van der Waals surface area contributed by atoms with Crippen LogP contribution < -0.4 is 10.1 Å². The molecule has 3 aromatic rings. The number of methoxy groups -OCH3 is 1. The first-order valence-electron chi connectivity index (χ1n) is 10.8. The number of nitro groups is 1. The van der Waals surface area contributed by atoms with Gasteiger partial charge in [0.15, 0.2) is 5.82 Å². The lowest BCUT2D eigenvalue weighted by atomic mass is 10.0. The molecule has 0 aliphatic heterocycles. The van der Waals surface area contributed by atoms with E-state index in [1.807, 2.05) is 0 Å². The first-order valence-corrected chi connectivity index (χ1v) is 10.8. The van der Waals surface area contributed by atoms with Crippen LogP contribution in [0.25, 0.3) is 0 Å². The van der Waals surface area contributed by atoms with Crippen LogP contribution in [-0.4, -0.2) is 50.2 Å². The van der Waals surface area contributed by atoms with E-state index in [-0.39, 0.29) is 29.4 Å². The second-order valence-electron chi connectivity index (χ2n) is 8.09. The molecule has 13 heteroatoms. The Labute approximate surface area is 199 Å². The molecule has 1 aliphatic rings. The minimum absolute atomic E-state index is 0.0651. The Morgan fingerprint density at radius 2 is 2.03 bits per heavy atom. The zero-order chi connectivity index (χ0) is 24.9. The molecule has 2 aromatic heterocycles. The van der Waals surface area contributed by atoms with Crippen LogP contribution in [0.15, 0.2) is 36.4 Å². The molecule has 1 amide bonds. The molecule has 0 radical (unpaired) electrons. The first-order chi connectivity index (χ1) is 16.8. The van der Waals surface area contributed by atoms with Crippen LogP contribution in [0, 0.1) is 10.1 Å². The summed E-state index contributed by atoms with van der Waals surface area (Å²) >= 11 is 0. The van der Waals surface area contributed by atoms with Crippen molar-refractivity contribution in [3.8, 4) is 5.75 Å². The smallest absolute Gasteiger partial charge is 0.431 e. The molecular formula is C22H24N6O7. The van der Waals surface area contributed by atoms with E-state index in [0.717, 1.165) is 12.1 Å². The highest BCUT2D eigenvalue weighted by atomic mass is 16.7. The summed E-state index contributed by atoms with van der Waals surface area (Å²) in [5.74, 6) is 0.255. The molecule has 35 heavy (non-hydrogen) atoms. The second-order valence-corrected chi connectivity index (χ2v) is 8.09. The maximum Gasteiger partial charge on any atom is 0.514 e. The van der Waals surface area contributed by atoms with Gasteiger partial charge in [0, 0.05) is 44.0 Å². The Morgan fingerprint density at radius 1 is 1.26 bits per heavy atom. The van der Waals surface area contributed by atoms with Crippen molar-refractivity contribution in [1.29, 1.82) is 0 Å². The monoisotopic (exact) mass is 484 g/mol. The fourth-order valence-corrected chi connectivity index (χ4v) is 3.97. The topological polar surface area (TPSA) is 164 Å². The van der Waals surface area contributed by atoms with Gasteiger partial charge in [0.2, 0.25) is 0 Å². The first kappa shape index (κ1) is 23.9. The fourth-order valence-electron chi connectivity index (χ4n) is 3.97. The third-order valence-electron chi connectivity index (χ3n) is 5.63. The predicted octanol–water partition coefficient (Wildman–Crippen LogP) is 3.30. The maximum atomic E-state index is 12.6. The molecule has 2 atom stereocenters. The molecule has 0 saturated heterocycles. The van der Waals surface area contributed by atoms with Gasteiger partial charge in [-0.25, -0.2) is 4.79 Å². The van der Waals surface area contributed by atoms with Crippen LogP contribution in [0.5, 0.6) is 5.75 Å². The van der Waals surface area contributed by atoms with Gasteiger partial charge in [-0.3, -0.25) is 24.7 Å². The summed E-state index contributed by atoms with van der Waals surface area (Å²) in [5, 5.41) is 24.8. The van der Waals surface area contributed by atoms with Crippen molar-refractivity contribution in [3.05, 3.63) is 63.6 Å². The third-order valence-corrected chi connectivity index (χ3v) is 5.63. The second kappa shape index (κ2) is 10.3. The lowest BCUT2D eigenvalue weighted by molar-refractivity contribution is -0.384. The number of carbonyl (C=O) groups excluding carboxylic acids is 2. The number of H-pyrrole nitrogens is 1. The molecular weight excluding hydrogens is 460 g/mol. The number of benzene rings is 1. The Bertz CT molecular complexity index is 1220. The molecule has 4 rings (SSSR count). The van der Waals surface area contributed by atoms with Gasteiger partial charge in [0.25, 0.3) is 11.6 Å². The standard InChI is InChI=1S/C22H24N6O7/c1-27-19(10-14(26-27)12-33-2)21(29)23-20-11-18(24-25-20)13-3-6-17(9-13)35-22(30)34-16-7-4-15(5-8-16)28(31)32/h4-5,7-8,10-11,13,17H,3,6,9,12H2,1-2H3,(H2,23,24,25,29). The molecule has 1 aromatic carbocycles. The van der Waals surface area contributed by atoms with E-state index in [1.165, 1.54) is 28.9 Å². The van der Waals surface area contributed by atoms with E-state index in [2.05, 4.69) is 20.6 Å². The summed E-state index contributed by atoms with van der Waals surface area (Å²) in [6, 6.07) is 8.57. The van der Waals surface area contributed by atoms with Crippen molar-refractivity contribution in [2.24, 2.45) is 7.05 Å². The van der Waals surface area contributed by atoms with E-state index >= 15 is 0 Å². The number of aromatic amines is 1. The average Bonchev–Trinajstić information content (AvgIpc) is 3.54. The van der Waals surface area contributed by atoms with Gasteiger partial charge in [-0.2, -0.15) is 10.2 Å². The fraction of sp³-hybridized carbons (Fsp3) is 0.364. The van der Waals surface area contributed by atoms with Crippen LogP contribution in [0.1, 0.15) is 47.1 Å². The summed E-state index contributed by atoms with van der Waals surface area (Å²) in [4.78, 5) is 34.9. The number of amides is 1. The minimum Gasteiger partial charge on any atom is -0.431 e. The molecule has 2 N–H and O–H groups in total. The summed E-state index contributed by atoms with van der Waals surface area (Å²) in [6.45, 7) is 0.306. The van der Waals surface area contributed by atoms with Crippen LogP contribution in [0.4, 0.5) is 16.3 Å². The largest absolute Gasteiger partial charge is 0.514 e. The minimum atomic E-state index is -0.869. The Hall–Kier alpha value is -4.26. The molecule has 1 fully saturated rings. The highest BCUT2D eigenvalue weighted by Crippen LogP contribution is 2.36. The maximum absolute atomic E-state index is 12.6. The Kier molecular flexibility index (Phi) is 7.06. The van der Waals surface area contributed by atoms with Crippen molar-refractivity contribution < 1.29 is 28.7 Å². The normalized spacial score (nSPS) is 17.2. The number of carbonyl (C=O) groups is 2. The molecule has 184 valence electrons. The number of aromatic nitrogens is 4. The van der Waals surface area contributed by atoms with Crippen LogP contribution in [0.2, 0.25) is 0 Å². The molecule has 1 aliphatic carbocycles. The van der Waals surface area contributed by atoms with Gasteiger partial charge in [-0.05, 0) is 37.5 Å². The molecule has 2 unspecified atom stereocenters. The number of nitro benzene ring substituents is 1. The Morgan fingerprint density at radius 3 is 2.74 bits per heavy atom. The summed E-state index contributed by atoms with van der Waals surface area (Å²) < 4.78 is 17.0. The number of aryl methyl sites for hydroxylation is 1. The number of nitrogens with zero attached hydrogens (tertiary/aromatic N) is 4. The van der Waals surface area contributed by atoms with Crippen LogP contribution >= 0.6 is 0 Å². The lowest BCUT2D eigenvalue weighted by Crippen LogP contribution is -2.18. The number of non-ortho nitro benzene ring substituents is 1. The highest BCUT2D eigenvalue weighted by molar-refractivity contribution is 6.02. The zero-order valence-electron chi connectivity index (χ0n) is 19.1. The van der Waals surface area contributed by atoms with E-state index in [1.54, 1.807) is 26.3 Å². The van der Waals surface area contributed by atoms with E-state index in [4.69, 9.17) is 14.2 Å². The van der Waals surface area contributed by atoms with E-state index in [9.17, 15) is 19.7 Å². The predicted molar refractivity (Wildman–Crippen MR) is 121 cm³/mol. The van der Waals surface area contributed by atoms with Crippen molar-refractivity contribution >= 4 is 23.6 Å². The lowest BCUT2D eigenvalue weighted by Gasteiger charge is -2.12. The third kappa shape index (κ3) is 5.81. The van der Waals surface area contributed by atoms with Gasteiger partial charge >= 0.3 is 6.16 Å². The van der Waals surface area contributed by atoms with Crippen LogP contribution in [0.3, 0.4) is 0 Å². The zero-order valence-corrected chi connectivity index (χ0v) is 19.1. The number of rotatable bonds is 8. The number of hydrogen-bond donors (Lipinski definition) is 2. The van der Waals surface area contributed by atoms with Crippen molar-refractivity contribution in [1.82, 2.24) is 20.0 Å². The number of hydrogen-bond acceptors (Lipinski definition) is 9. The molecule has 1 saturated carbocycles. The number of ether oxygens (including phenoxy) is 3. The van der Waals surface area contributed by atoms with Gasteiger partial charge in [0.05, 0.1) is 17.2 Å². The average molecular weight is 484 g/mol. The molecule has 0 spiro atoms. The SMILES string of the molecule is COCc1cc(C(=O)Nc2cc(C3CCC(OC(=O)Oc4ccc([N+](=O)[O-])cc4)C3)[nH]n2)n(C)n1. The molecule has 0 bridgehead atoms. The summed E-state index contributed by atoms with van der Waals surface area (Å²) in [7, 11) is 3.23. The highest BCUT2D eigenvalue weighted by Gasteiger charge is 2.30.